The summed E-state index contributed by atoms with van der Waals surface area (Å²) in [4.78, 5) is 37.7. The Morgan fingerprint density at radius 2 is 1.84 bits per heavy atom. The molecular weight excluding hydrogens is 340 g/mol. The summed E-state index contributed by atoms with van der Waals surface area (Å²) in [6.07, 6.45) is 0. The Labute approximate surface area is 150 Å². The third kappa shape index (κ3) is 4.90. The quantitative estimate of drug-likeness (QED) is 0.828. The van der Waals surface area contributed by atoms with E-state index in [-0.39, 0.29) is 12.5 Å². The highest BCUT2D eigenvalue weighted by Gasteiger charge is 2.24. The molecule has 1 aromatic carbocycles. The first-order chi connectivity index (χ1) is 11.8. The first-order valence-corrected chi connectivity index (χ1v) is 8.55. The van der Waals surface area contributed by atoms with E-state index in [0.29, 0.717) is 10.4 Å². The maximum absolute atomic E-state index is 12.2. The minimum atomic E-state index is -1.16. The highest BCUT2D eigenvalue weighted by atomic mass is 32.1. The average molecular weight is 360 g/mol. The van der Waals surface area contributed by atoms with Gasteiger partial charge in [0.15, 0.2) is 6.04 Å². The number of carboxylic acids is 1. The van der Waals surface area contributed by atoms with Gasteiger partial charge >= 0.3 is 5.97 Å². The first-order valence-electron chi connectivity index (χ1n) is 7.67. The second kappa shape index (κ2) is 7.94. The molecule has 0 aliphatic carbocycles. The number of likely N-dealkylation sites (N-methyl/N-ethyl adjacent to an activating group) is 1. The number of carbonyl (C=O) groups is 3. The third-order valence-corrected chi connectivity index (χ3v) is 4.45. The summed E-state index contributed by atoms with van der Waals surface area (Å²) in [5, 5.41) is 13.7. The fourth-order valence-corrected chi connectivity index (χ4v) is 3.26. The molecule has 0 saturated carbocycles. The molecule has 1 atom stereocenters. The van der Waals surface area contributed by atoms with E-state index in [2.05, 4.69) is 5.32 Å². The fraction of sp³-hybridized carbons (Fsp3) is 0.278. The van der Waals surface area contributed by atoms with Crippen LogP contribution in [-0.2, 0) is 9.59 Å². The van der Waals surface area contributed by atoms with Crippen LogP contribution in [0.2, 0.25) is 0 Å². The molecule has 1 aromatic heterocycles. The molecule has 0 aliphatic rings. The van der Waals surface area contributed by atoms with Gasteiger partial charge in [-0.2, -0.15) is 0 Å². The summed E-state index contributed by atoms with van der Waals surface area (Å²) in [5.41, 5.74) is 2.34. The summed E-state index contributed by atoms with van der Waals surface area (Å²) in [7, 11) is 1.51. The molecular formula is C18H20N2O4S. The molecule has 0 spiro atoms. The molecule has 0 saturated heterocycles. The van der Waals surface area contributed by atoms with Gasteiger partial charge in [0.2, 0.25) is 5.91 Å². The van der Waals surface area contributed by atoms with Gasteiger partial charge in [0.25, 0.3) is 5.91 Å². The van der Waals surface area contributed by atoms with Crippen molar-refractivity contribution < 1.29 is 19.5 Å². The van der Waals surface area contributed by atoms with Crippen molar-refractivity contribution in [1.29, 1.82) is 0 Å². The first kappa shape index (κ1) is 18.7. The number of hydrogen-bond donors (Lipinski definition) is 2. The van der Waals surface area contributed by atoms with E-state index in [1.165, 1.54) is 23.3 Å². The Hall–Kier alpha value is -2.67. The van der Waals surface area contributed by atoms with E-state index in [0.717, 1.165) is 11.1 Å². The smallest absolute Gasteiger partial charge is 0.330 e. The lowest BCUT2D eigenvalue weighted by atomic mass is 10.0. The van der Waals surface area contributed by atoms with Crippen LogP contribution in [0.4, 0.5) is 0 Å². The molecule has 2 rings (SSSR count). The largest absolute Gasteiger partial charge is 0.479 e. The lowest BCUT2D eigenvalue weighted by molar-refractivity contribution is -0.142. The number of rotatable bonds is 6. The van der Waals surface area contributed by atoms with E-state index in [1.807, 2.05) is 19.9 Å². The number of carboxylic acid groups (broad SMARTS) is 1. The monoisotopic (exact) mass is 360 g/mol. The van der Waals surface area contributed by atoms with Crippen molar-refractivity contribution in [2.24, 2.45) is 0 Å². The van der Waals surface area contributed by atoms with Crippen molar-refractivity contribution in [1.82, 2.24) is 10.2 Å². The van der Waals surface area contributed by atoms with Crippen LogP contribution in [-0.4, -0.2) is 41.4 Å². The molecule has 2 amide bonds. The van der Waals surface area contributed by atoms with Gasteiger partial charge in [-0.25, -0.2) is 4.79 Å². The number of benzene rings is 1. The summed E-state index contributed by atoms with van der Waals surface area (Å²) in [6.45, 7) is 3.51. The highest BCUT2D eigenvalue weighted by molar-refractivity contribution is 7.12. The van der Waals surface area contributed by atoms with Gasteiger partial charge in [-0.15, -0.1) is 11.3 Å². The predicted octanol–water partition coefficient (Wildman–Crippen LogP) is 2.38. The summed E-state index contributed by atoms with van der Waals surface area (Å²) >= 11 is 1.29. The zero-order valence-electron chi connectivity index (χ0n) is 14.3. The van der Waals surface area contributed by atoms with Crippen molar-refractivity contribution in [3.63, 3.8) is 0 Å². The molecule has 0 radical (unpaired) electrons. The van der Waals surface area contributed by atoms with E-state index in [9.17, 15) is 19.5 Å². The molecule has 6 nitrogen and oxygen atoms in total. The van der Waals surface area contributed by atoms with E-state index < -0.39 is 17.9 Å². The van der Waals surface area contributed by atoms with Crippen molar-refractivity contribution in [2.75, 3.05) is 13.6 Å². The Morgan fingerprint density at radius 3 is 2.36 bits per heavy atom. The molecule has 0 bridgehead atoms. The summed E-state index contributed by atoms with van der Waals surface area (Å²) in [6, 6.07) is 7.66. The fourth-order valence-electron chi connectivity index (χ4n) is 2.55. The number of aliphatic carboxylic acids is 1. The number of carbonyl (C=O) groups excluding carboxylic acids is 2. The van der Waals surface area contributed by atoms with Gasteiger partial charge in [0, 0.05) is 7.05 Å². The normalized spacial score (nSPS) is 11.6. The maximum Gasteiger partial charge on any atom is 0.330 e. The van der Waals surface area contributed by atoms with Crippen LogP contribution < -0.4 is 5.32 Å². The third-order valence-electron chi connectivity index (χ3n) is 3.59. The molecule has 0 fully saturated rings. The average Bonchev–Trinajstić information content (AvgIpc) is 3.04. The number of thiophene rings is 1. The Balaban J connectivity index is 2.07. The van der Waals surface area contributed by atoms with E-state index in [4.69, 9.17) is 0 Å². The molecule has 2 N–H and O–H groups in total. The molecule has 25 heavy (non-hydrogen) atoms. The van der Waals surface area contributed by atoms with Crippen molar-refractivity contribution in [2.45, 2.75) is 19.9 Å². The van der Waals surface area contributed by atoms with E-state index >= 15 is 0 Å². The van der Waals surface area contributed by atoms with Gasteiger partial charge in [0.1, 0.15) is 0 Å². The number of amides is 2. The van der Waals surface area contributed by atoms with Crippen LogP contribution in [0.3, 0.4) is 0 Å². The minimum absolute atomic E-state index is 0.217. The van der Waals surface area contributed by atoms with Gasteiger partial charge in [-0.1, -0.05) is 35.4 Å². The van der Waals surface area contributed by atoms with Crippen LogP contribution in [0.15, 0.2) is 35.7 Å². The maximum atomic E-state index is 12.2. The molecule has 7 heteroatoms. The van der Waals surface area contributed by atoms with Gasteiger partial charge in [-0.3, -0.25) is 9.59 Å². The summed E-state index contributed by atoms with van der Waals surface area (Å²) in [5.74, 6) is -1.95. The van der Waals surface area contributed by atoms with Crippen LogP contribution >= 0.6 is 11.3 Å². The van der Waals surface area contributed by atoms with E-state index in [1.54, 1.807) is 29.6 Å². The summed E-state index contributed by atoms with van der Waals surface area (Å²) < 4.78 is 0. The Bertz CT molecular complexity index is 766. The molecule has 0 aliphatic heterocycles. The lowest BCUT2D eigenvalue weighted by Gasteiger charge is -2.20. The zero-order valence-corrected chi connectivity index (χ0v) is 15.1. The zero-order chi connectivity index (χ0) is 18.6. The standard InChI is InChI=1S/C18H20N2O4S/c1-11-7-12(2)9-13(8-11)16(18(23)24)19-15(21)10-20(3)17(22)14-5-4-6-25-14/h4-9,16H,10H2,1-3H3,(H,19,21)(H,23,24). The van der Waals surface area contributed by atoms with Crippen molar-refractivity contribution >= 4 is 29.1 Å². The van der Waals surface area contributed by atoms with Crippen LogP contribution in [0, 0.1) is 13.8 Å². The number of nitrogens with one attached hydrogen (secondary N) is 1. The van der Waals surface area contributed by atoms with Crippen molar-refractivity contribution in [3.8, 4) is 0 Å². The van der Waals surface area contributed by atoms with Crippen LogP contribution in [0.25, 0.3) is 0 Å². The van der Waals surface area contributed by atoms with Gasteiger partial charge < -0.3 is 15.3 Å². The topological polar surface area (TPSA) is 86.7 Å². The Morgan fingerprint density at radius 1 is 1.20 bits per heavy atom. The number of aryl methyl sites for hydroxylation is 2. The Kier molecular flexibility index (Phi) is 5.93. The molecule has 132 valence electrons. The molecule has 1 heterocycles. The minimum Gasteiger partial charge on any atom is -0.479 e. The predicted molar refractivity (Wildman–Crippen MR) is 95.7 cm³/mol. The second-order valence-corrected chi connectivity index (χ2v) is 6.85. The molecule has 2 aromatic rings. The molecule has 1 unspecified atom stereocenters. The highest BCUT2D eigenvalue weighted by Crippen LogP contribution is 2.18. The van der Waals surface area contributed by atoms with Crippen LogP contribution in [0.1, 0.15) is 32.4 Å². The number of nitrogens with zero attached hydrogens (tertiary/aromatic N) is 1. The van der Waals surface area contributed by atoms with Crippen molar-refractivity contribution in [3.05, 3.63) is 57.3 Å². The van der Waals surface area contributed by atoms with Crippen LogP contribution in [0.5, 0.6) is 0 Å². The van der Waals surface area contributed by atoms with Gasteiger partial charge in [-0.05, 0) is 30.9 Å². The number of hydrogen-bond acceptors (Lipinski definition) is 4. The van der Waals surface area contributed by atoms with Gasteiger partial charge in [0.05, 0.1) is 11.4 Å². The second-order valence-electron chi connectivity index (χ2n) is 5.90. The lowest BCUT2D eigenvalue weighted by Crippen LogP contribution is -2.41. The SMILES string of the molecule is Cc1cc(C)cc(C(NC(=O)CN(C)C(=O)c2cccs2)C(=O)O)c1.